The normalized spacial score (nSPS) is 25.7. The fraction of sp³-hybridized carbons (Fsp3) is 0.750. The highest BCUT2D eigenvalue weighted by molar-refractivity contribution is 7.99. The number of aryl methyl sites for hydroxylation is 2. The third-order valence-corrected chi connectivity index (χ3v) is 6.07. The van der Waals surface area contributed by atoms with E-state index in [1.807, 2.05) is 18.7 Å². The molecule has 2 aliphatic heterocycles. The molecule has 1 N–H and O–H groups in total. The Labute approximate surface area is 141 Å². The first-order valence-electron chi connectivity index (χ1n) is 8.30. The first kappa shape index (κ1) is 16.8. The van der Waals surface area contributed by atoms with E-state index < -0.39 is 0 Å². The molecule has 128 valence electrons. The third-order valence-electron chi connectivity index (χ3n) is 4.84. The van der Waals surface area contributed by atoms with Crippen LogP contribution in [0.2, 0.25) is 0 Å². The van der Waals surface area contributed by atoms with E-state index in [0.717, 1.165) is 49.9 Å². The summed E-state index contributed by atoms with van der Waals surface area (Å²) in [7, 11) is 0. The van der Waals surface area contributed by atoms with E-state index in [4.69, 9.17) is 9.26 Å². The van der Waals surface area contributed by atoms with Crippen molar-refractivity contribution < 1.29 is 14.1 Å². The van der Waals surface area contributed by atoms with Crippen LogP contribution in [0.25, 0.3) is 0 Å². The SMILES string of the molecule is CCc1noc(C)c1C(=O)NC[C@]1(N2CCOCC2)CCSC1. The van der Waals surface area contributed by atoms with Crippen LogP contribution in [-0.4, -0.2) is 65.9 Å². The Balaban J connectivity index is 1.69. The van der Waals surface area contributed by atoms with E-state index in [-0.39, 0.29) is 11.4 Å². The van der Waals surface area contributed by atoms with Crippen LogP contribution in [0.3, 0.4) is 0 Å². The molecule has 2 saturated heterocycles. The molecule has 23 heavy (non-hydrogen) atoms. The molecule has 1 atom stereocenters. The molecule has 2 fully saturated rings. The highest BCUT2D eigenvalue weighted by atomic mass is 32.2. The maximum atomic E-state index is 12.6. The summed E-state index contributed by atoms with van der Waals surface area (Å²) in [6.45, 7) is 7.91. The van der Waals surface area contributed by atoms with Gasteiger partial charge in [0.2, 0.25) is 0 Å². The molecule has 0 spiro atoms. The number of aromatic nitrogens is 1. The lowest BCUT2D eigenvalue weighted by molar-refractivity contribution is -0.0129. The quantitative estimate of drug-likeness (QED) is 0.876. The first-order chi connectivity index (χ1) is 11.2. The van der Waals surface area contributed by atoms with Crippen molar-refractivity contribution in [1.29, 1.82) is 0 Å². The van der Waals surface area contributed by atoms with Crippen molar-refractivity contribution in [3.63, 3.8) is 0 Å². The molecule has 0 saturated carbocycles. The molecule has 0 bridgehead atoms. The number of carbonyl (C=O) groups excluding carboxylic acids is 1. The van der Waals surface area contributed by atoms with Crippen LogP contribution < -0.4 is 5.32 Å². The zero-order valence-electron chi connectivity index (χ0n) is 13.9. The molecule has 3 heterocycles. The Kier molecular flexibility index (Phi) is 5.28. The van der Waals surface area contributed by atoms with Gasteiger partial charge >= 0.3 is 0 Å². The molecule has 1 amide bonds. The highest BCUT2D eigenvalue weighted by Crippen LogP contribution is 2.33. The van der Waals surface area contributed by atoms with E-state index in [1.54, 1.807) is 6.92 Å². The van der Waals surface area contributed by atoms with Gasteiger partial charge in [0.15, 0.2) is 0 Å². The Morgan fingerprint density at radius 1 is 1.43 bits per heavy atom. The summed E-state index contributed by atoms with van der Waals surface area (Å²) >= 11 is 1.97. The summed E-state index contributed by atoms with van der Waals surface area (Å²) in [6.07, 6.45) is 1.81. The summed E-state index contributed by atoms with van der Waals surface area (Å²) in [5.41, 5.74) is 1.40. The lowest BCUT2D eigenvalue weighted by atomic mass is 9.95. The van der Waals surface area contributed by atoms with Crippen molar-refractivity contribution in [1.82, 2.24) is 15.4 Å². The van der Waals surface area contributed by atoms with E-state index in [2.05, 4.69) is 15.4 Å². The van der Waals surface area contributed by atoms with Crippen molar-refractivity contribution in [3.05, 3.63) is 17.0 Å². The molecule has 1 aromatic rings. The van der Waals surface area contributed by atoms with E-state index in [1.165, 1.54) is 0 Å². The van der Waals surface area contributed by atoms with Gasteiger partial charge in [-0.1, -0.05) is 12.1 Å². The minimum atomic E-state index is -0.0647. The Hall–Kier alpha value is -1.05. The van der Waals surface area contributed by atoms with Crippen LogP contribution in [0.1, 0.15) is 35.2 Å². The number of nitrogens with zero attached hydrogens (tertiary/aromatic N) is 2. The van der Waals surface area contributed by atoms with Gasteiger partial charge in [0.05, 0.1) is 18.9 Å². The lowest BCUT2D eigenvalue weighted by Gasteiger charge is -2.43. The number of thioether (sulfide) groups is 1. The first-order valence-corrected chi connectivity index (χ1v) is 9.45. The van der Waals surface area contributed by atoms with Crippen LogP contribution in [-0.2, 0) is 11.2 Å². The number of morpholine rings is 1. The van der Waals surface area contributed by atoms with Gasteiger partial charge in [-0.25, -0.2) is 0 Å². The van der Waals surface area contributed by atoms with Crippen molar-refractivity contribution in [2.24, 2.45) is 0 Å². The third kappa shape index (κ3) is 3.41. The fourth-order valence-electron chi connectivity index (χ4n) is 3.42. The van der Waals surface area contributed by atoms with Gasteiger partial charge in [0.25, 0.3) is 5.91 Å². The molecule has 1 aromatic heterocycles. The monoisotopic (exact) mass is 339 g/mol. The molecular weight excluding hydrogens is 314 g/mol. The highest BCUT2D eigenvalue weighted by Gasteiger charge is 2.41. The Morgan fingerprint density at radius 2 is 2.22 bits per heavy atom. The zero-order valence-corrected chi connectivity index (χ0v) is 14.7. The summed E-state index contributed by atoms with van der Waals surface area (Å²) in [4.78, 5) is 15.1. The standard InChI is InChI=1S/C16H25N3O3S/c1-3-13-14(12(2)22-18-13)15(20)17-10-16(4-9-23-11-16)19-5-7-21-8-6-19/h3-11H2,1-2H3,(H,17,20)/t16-/m1/s1. The number of nitrogens with one attached hydrogen (secondary N) is 1. The molecule has 6 nitrogen and oxygen atoms in total. The molecule has 3 rings (SSSR count). The topological polar surface area (TPSA) is 67.6 Å². The average molecular weight is 339 g/mol. The molecule has 7 heteroatoms. The van der Waals surface area contributed by atoms with Gasteiger partial charge in [-0.2, -0.15) is 11.8 Å². The van der Waals surface area contributed by atoms with E-state index in [9.17, 15) is 4.79 Å². The minimum absolute atomic E-state index is 0.0571. The lowest BCUT2D eigenvalue weighted by Crippen LogP contribution is -2.59. The smallest absolute Gasteiger partial charge is 0.256 e. The van der Waals surface area contributed by atoms with Crippen molar-refractivity contribution in [2.45, 2.75) is 32.2 Å². The van der Waals surface area contributed by atoms with Gasteiger partial charge in [0, 0.05) is 30.9 Å². The largest absolute Gasteiger partial charge is 0.379 e. The summed E-state index contributed by atoms with van der Waals surface area (Å²) in [6, 6.07) is 0. The number of hydrogen-bond acceptors (Lipinski definition) is 6. The predicted octanol–water partition coefficient (Wildman–Crippen LogP) is 1.48. The Bertz CT molecular complexity index is 549. The fourth-order valence-corrected chi connectivity index (χ4v) is 4.90. The van der Waals surface area contributed by atoms with Crippen molar-refractivity contribution >= 4 is 17.7 Å². The second-order valence-electron chi connectivity index (χ2n) is 6.22. The van der Waals surface area contributed by atoms with Crippen molar-refractivity contribution in [2.75, 3.05) is 44.4 Å². The molecule has 2 aliphatic rings. The Morgan fingerprint density at radius 3 is 2.87 bits per heavy atom. The zero-order chi connectivity index (χ0) is 16.3. The van der Waals surface area contributed by atoms with Crippen LogP contribution in [0.15, 0.2) is 4.52 Å². The molecular formula is C16H25N3O3S. The van der Waals surface area contributed by atoms with Crippen LogP contribution in [0.5, 0.6) is 0 Å². The summed E-state index contributed by atoms with van der Waals surface area (Å²) in [5, 5.41) is 7.12. The van der Waals surface area contributed by atoms with Gasteiger partial charge < -0.3 is 14.6 Å². The van der Waals surface area contributed by atoms with E-state index in [0.29, 0.717) is 24.3 Å². The molecule has 0 aliphatic carbocycles. The summed E-state index contributed by atoms with van der Waals surface area (Å²) in [5.74, 6) is 2.75. The molecule has 0 radical (unpaired) electrons. The maximum absolute atomic E-state index is 12.6. The van der Waals surface area contributed by atoms with E-state index >= 15 is 0 Å². The number of ether oxygens (including phenoxy) is 1. The van der Waals surface area contributed by atoms with Gasteiger partial charge in [-0.05, 0) is 25.5 Å². The summed E-state index contributed by atoms with van der Waals surface area (Å²) < 4.78 is 10.7. The predicted molar refractivity (Wildman–Crippen MR) is 90.0 cm³/mol. The van der Waals surface area contributed by atoms with Crippen molar-refractivity contribution in [3.8, 4) is 0 Å². The van der Waals surface area contributed by atoms with Gasteiger partial charge in [-0.15, -0.1) is 0 Å². The van der Waals surface area contributed by atoms with Crippen LogP contribution in [0.4, 0.5) is 0 Å². The number of hydrogen-bond donors (Lipinski definition) is 1. The number of rotatable bonds is 5. The van der Waals surface area contributed by atoms with Crippen LogP contribution in [0, 0.1) is 6.92 Å². The maximum Gasteiger partial charge on any atom is 0.256 e. The second kappa shape index (κ2) is 7.23. The minimum Gasteiger partial charge on any atom is -0.379 e. The second-order valence-corrected chi connectivity index (χ2v) is 7.33. The molecule has 0 aromatic carbocycles. The number of amides is 1. The average Bonchev–Trinajstić information content (AvgIpc) is 3.21. The molecule has 0 unspecified atom stereocenters. The number of carbonyl (C=O) groups is 1. The van der Waals surface area contributed by atoms with Gasteiger partial charge in [0.1, 0.15) is 11.3 Å². The van der Waals surface area contributed by atoms with Crippen LogP contribution >= 0.6 is 11.8 Å². The van der Waals surface area contributed by atoms with Gasteiger partial charge in [-0.3, -0.25) is 9.69 Å².